The molecule has 1 N–H and O–H groups in total. The van der Waals surface area contributed by atoms with Crippen LogP contribution in [0.3, 0.4) is 0 Å². The van der Waals surface area contributed by atoms with Crippen molar-refractivity contribution >= 4 is 28.4 Å². The zero-order valence-electron chi connectivity index (χ0n) is 13.2. The van der Waals surface area contributed by atoms with Crippen LogP contribution >= 0.6 is 22.6 Å². The van der Waals surface area contributed by atoms with Gasteiger partial charge in [-0.3, -0.25) is 4.68 Å². The van der Waals surface area contributed by atoms with E-state index in [1.165, 1.54) is 0 Å². The molecule has 0 radical (unpaired) electrons. The lowest BCUT2D eigenvalue weighted by Crippen LogP contribution is -2.19. The molecule has 0 bridgehead atoms. The van der Waals surface area contributed by atoms with E-state index in [4.69, 9.17) is 4.98 Å². The normalized spacial score (nSPS) is 11.7. The quantitative estimate of drug-likeness (QED) is 0.797. The van der Waals surface area contributed by atoms with Gasteiger partial charge in [-0.1, -0.05) is 20.8 Å². The molecule has 0 aromatic carbocycles. The van der Waals surface area contributed by atoms with Crippen LogP contribution in [0, 0.1) is 3.57 Å². The molecule has 0 saturated carbocycles. The molecule has 0 aliphatic heterocycles. The Morgan fingerprint density at radius 3 is 2.48 bits per heavy atom. The van der Waals surface area contributed by atoms with Crippen LogP contribution in [-0.4, -0.2) is 26.3 Å². The van der Waals surface area contributed by atoms with Crippen molar-refractivity contribution in [3.63, 3.8) is 0 Å². The number of hydrogen-bond acceptors (Lipinski definition) is 4. The average molecular weight is 399 g/mol. The number of nitrogens with one attached hydrogen (secondary N) is 1. The van der Waals surface area contributed by atoms with Crippen molar-refractivity contribution in [2.45, 2.75) is 46.6 Å². The van der Waals surface area contributed by atoms with Gasteiger partial charge >= 0.3 is 0 Å². The van der Waals surface area contributed by atoms with Gasteiger partial charge in [-0.15, -0.1) is 0 Å². The number of nitrogens with zero attached hydrogens (tertiary/aromatic N) is 4. The van der Waals surface area contributed by atoms with E-state index in [0.717, 1.165) is 39.6 Å². The van der Waals surface area contributed by atoms with Crippen LogP contribution in [0.1, 0.15) is 40.3 Å². The highest BCUT2D eigenvalue weighted by atomic mass is 127. The molecule has 5 nitrogen and oxygen atoms in total. The molecule has 0 atom stereocenters. The molecular weight excluding hydrogens is 377 g/mol. The Bertz CT molecular complexity index is 627. The zero-order chi connectivity index (χ0) is 15.6. The predicted octanol–water partition coefficient (Wildman–Crippen LogP) is 3.69. The molecule has 114 valence electrons. The molecule has 2 rings (SSSR count). The number of halogens is 1. The van der Waals surface area contributed by atoms with Gasteiger partial charge < -0.3 is 5.32 Å². The molecule has 21 heavy (non-hydrogen) atoms. The first-order chi connectivity index (χ1) is 9.86. The summed E-state index contributed by atoms with van der Waals surface area (Å²) in [5, 5.41) is 7.65. The fourth-order valence-corrected chi connectivity index (χ4v) is 3.25. The highest BCUT2D eigenvalue weighted by Crippen LogP contribution is 2.31. The monoisotopic (exact) mass is 399 g/mol. The molecule has 6 heteroatoms. The summed E-state index contributed by atoms with van der Waals surface area (Å²) >= 11 is 2.33. The van der Waals surface area contributed by atoms with E-state index in [9.17, 15) is 0 Å². The number of rotatable bonds is 4. The molecule has 2 aromatic heterocycles. The van der Waals surface area contributed by atoms with Gasteiger partial charge in [0.15, 0.2) is 5.82 Å². The van der Waals surface area contributed by atoms with Crippen molar-refractivity contribution in [3.05, 3.63) is 21.7 Å². The van der Waals surface area contributed by atoms with Crippen LogP contribution in [-0.2, 0) is 12.0 Å². The van der Waals surface area contributed by atoms with Crippen LogP contribution in [0.4, 0.5) is 5.82 Å². The van der Waals surface area contributed by atoms with Crippen molar-refractivity contribution in [1.29, 1.82) is 0 Å². The summed E-state index contributed by atoms with van der Waals surface area (Å²) in [6, 6.07) is 0. The van der Waals surface area contributed by atoms with Crippen LogP contribution in [0.2, 0.25) is 0 Å². The van der Waals surface area contributed by atoms with Gasteiger partial charge in [-0.05, 0) is 36.4 Å². The molecule has 0 fully saturated rings. The average Bonchev–Trinajstić information content (AvgIpc) is 2.88. The second kappa shape index (κ2) is 6.29. The molecule has 0 unspecified atom stereocenters. The smallest absolute Gasteiger partial charge is 0.165 e. The molecule has 2 aromatic rings. The number of aromatic nitrogens is 4. The molecule has 0 aliphatic rings. The maximum Gasteiger partial charge on any atom is 0.165 e. The Balaban J connectivity index is 2.58. The van der Waals surface area contributed by atoms with Gasteiger partial charge in [-0.25, -0.2) is 9.97 Å². The van der Waals surface area contributed by atoms with Gasteiger partial charge in [0.25, 0.3) is 0 Å². The third-order valence-corrected chi connectivity index (χ3v) is 4.14. The summed E-state index contributed by atoms with van der Waals surface area (Å²) in [5.41, 5.74) is 1.99. The molecule has 0 saturated heterocycles. The number of aryl methyl sites for hydroxylation is 1. The molecular formula is C15H22IN5. The van der Waals surface area contributed by atoms with Crippen LogP contribution < -0.4 is 5.32 Å². The van der Waals surface area contributed by atoms with Gasteiger partial charge in [-0.2, -0.15) is 5.10 Å². The lowest BCUT2D eigenvalue weighted by molar-refractivity contribution is 0.564. The highest BCUT2D eigenvalue weighted by molar-refractivity contribution is 14.1. The summed E-state index contributed by atoms with van der Waals surface area (Å²) in [6.07, 6.45) is 3.82. The van der Waals surface area contributed by atoms with E-state index >= 15 is 0 Å². The minimum atomic E-state index is -0.0286. The number of anilines is 1. The van der Waals surface area contributed by atoms with E-state index in [-0.39, 0.29) is 5.41 Å². The highest BCUT2D eigenvalue weighted by Gasteiger charge is 2.23. The van der Waals surface area contributed by atoms with Crippen LogP contribution in [0.5, 0.6) is 0 Å². The topological polar surface area (TPSA) is 55.6 Å². The van der Waals surface area contributed by atoms with E-state index < -0.39 is 0 Å². The van der Waals surface area contributed by atoms with Crippen molar-refractivity contribution in [1.82, 2.24) is 19.7 Å². The van der Waals surface area contributed by atoms with Gasteiger partial charge in [0, 0.05) is 24.7 Å². The van der Waals surface area contributed by atoms with Gasteiger partial charge in [0.2, 0.25) is 0 Å². The Kier molecular flexibility index (Phi) is 4.85. The molecule has 2 heterocycles. The Morgan fingerprint density at radius 2 is 1.95 bits per heavy atom. The first-order valence-corrected chi connectivity index (χ1v) is 8.29. The van der Waals surface area contributed by atoms with E-state index in [0.29, 0.717) is 0 Å². The standard InChI is InChI=1S/C15H22IN5/c1-6-17-14-11(16)12(15(3,4)5)19-13(20-14)10-8-18-21(7-2)9-10/h8-9H,6-7H2,1-5H3,(H,17,19,20). The minimum absolute atomic E-state index is 0.0286. The fraction of sp³-hybridized carbons (Fsp3) is 0.533. The molecule has 0 aliphatic carbocycles. The van der Waals surface area contributed by atoms with Crippen molar-refractivity contribution in [2.75, 3.05) is 11.9 Å². The van der Waals surface area contributed by atoms with Crippen molar-refractivity contribution < 1.29 is 0 Å². The SMILES string of the molecule is CCNc1nc(-c2cnn(CC)c2)nc(C(C)(C)C)c1I. The first-order valence-electron chi connectivity index (χ1n) is 7.21. The van der Waals surface area contributed by atoms with Crippen molar-refractivity contribution in [2.24, 2.45) is 0 Å². The van der Waals surface area contributed by atoms with Crippen LogP contribution in [0.15, 0.2) is 12.4 Å². The summed E-state index contributed by atoms with van der Waals surface area (Å²) in [5.74, 6) is 1.63. The zero-order valence-corrected chi connectivity index (χ0v) is 15.4. The molecule has 0 spiro atoms. The Morgan fingerprint density at radius 1 is 1.24 bits per heavy atom. The van der Waals surface area contributed by atoms with Crippen molar-refractivity contribution in [3.8, 4) is 11.4 Å². The van der Waals surface area contributed by atoms with Gasteiger partial charge in [0.1, 0.15) is 5.82 Å². The van der Waals surface area contributed by atoms with E-state index in [2.05, 4.69) is 72.6 Å². The second-order valence-corrected chi connectivity index (χ2v) is 7.00. The summed E-state index contributed by atoms with van der Waals surface area (Å²) in [6.45, 7) is 12.3. The lowest BCUT2D eigenvalue weighted by Gasteiger charge is -2.21. The maximum absolute atomic E-state index is 4.79. The lowest BCUT2D eigenvalue weighted by atomic mass is 9.92. The minimum Gasteiger partial charge on any atom is -0.369 e. The largest absolute Gasteiger partial charge is 0.369 e. The summed E-state index contributed by atoms with van der Waals surface area (Å²) in [4.78, 5) is 9.46. The number of hydrogen-bond donors (Lipinski definition) is 1. The second-order valence-electron chi connectivity index (χ2n) is 5.92. The molecule has 0 amide bonds. The Hall–Kier alpha value is -1.18. The fourth-order valence-electron chi connectivity index (χ4n) is 2.01. The van der Waals surface area contributed by atoms with E-state index in [1.807, 2.05) is 17.1 Å². The predicted molar refractivity (Wildman–Crippen MR) is 94.5 cm³/mol. The maximum atomic E-state index is 4.79. The Labute approximate surface area is 139 Å². The van der Waals surface area contributed by atoms with Crippen LogP contribution in [0.25, 0.3) is 11.4 Å². The third kappa shape index (κ3) is 3.53. The van der Waals surface area contributed by atoms with Gasteiger partial charge in [0.05, 0.1) is 21.0 Å². The third-order valence-electron chi connectivity index (χ3n) is 3.12. The first kappa shape index (κ1) is 16.2. The summed E-state index contributed by atoms with van der Waals surface area (Å²) in [7, 11) is 0. The van der Waals surface area contributed by atoms with E-state index in [1.54, 1.807) is 0 Å². The summed E-state index contributed by atoms with van der Waals surface area (Å²) < 4.78 is 2.98.